The van der Waals surface area contributed by atoms with Gasteiger partial charge >= 0.3 is 5.97 Å². The van der Waals surface area contributed by atoms with Gasteiger partial charge in [0.15, 0.2) is 0 Å². The van der Waals surface area contributed by atoms with E-state index in [-0.39, 0.29) is 12.1 Å². The van der Waals surface area contributed by atoms with Gasteiger partial charge in [-0.05, 0) is 33.3 Å². The lowest BCUT2D eigenvalue weighted by Crippen LogP contribution is -2.30. The van der Waals surface area contributed by atoms with Crippen molar-refractivity contribution in [3.8, 4) is 11.1 Å². The van der Waals surface area contributed by atoms with E-state index < -0.39 is 11.6 Å². The third-order valence-electron chi connectivity index (χ3n) is 3.63. The Kier molecular flexibility index (Phi) is 4.47. The minimum atomic E-state index is -0.584. The molecule has 0 amide bonds. The van der Waals surface area contributed by atoms with Gasteiger partial charge in [-0.15, -0.1) is 11.3 Å². The van der Waals surface area contributed by atoms with Crippen LogP contribution in [0.1, 0.15) is 26.3 Å². The highest BCUT2D eigenvalue weighted by molar-refractivity contribution is 7.17. The van der Waals surface area contributed by atoms with Crippen molar-refractivity contribution in [2.75, 3.05) is 0 Å². The van der Waals surface area contributed by atoms with Crippen LogP contribution in [0.25, 0.3) is 21.3 Å². The van der Waals surface area contributed by atoms with Crippen LogP contribution >= 0.6 is 11.3 Å². The number of hydrogen-bond acceptors (Lipinski definition) is 5. The number of aryl methyl sites for hydroxylation is 1. The lowest BCUT2D eigenvalue weighted by atomic mass is 10.1. The molecule has 0 bridgehead atoms. The molecule has 1 aromatic carbocycles. The zero-order valence-corrected chi connectivity index (χ0v) is 15.5. The van der Waals surface area contributed by atoms with Gasteiger partial charge in [-0.1, -0.05) is 29.8 Å². The molecular formula is C19H20N2O3S. The quantitative estimate of drug-likeness (QED) is 0.670. The number of hydrogen-bond donors (Lipinski definition) is 0. The number of esters is 1. The van der Waals surface area contributed by atoms with E-state index >= 15 is 0 Å². The Bertz CT molecular complexity index is 979. The standard InChI is InChI=1S/C19H20N2O3S/c1-12-5-7-13(8-6-12)14-10-25-17-16(14)20-11-21(18(17)23)9-15(22)24-19(2,3)4/h5-8,10-11H,9H2,1-4H3. The average molecular weight is 356 g/mol. The first-order valence-corrected chi connectivity index (χ1v) is 8.88. The maximum Gasteiger partial charge on any atom is 0.326 e. The number of carbonyl (C=O) groups is 1. The normalized spacial score (nSPS) is 11.7. The van der Waals surface area contributed by atoms with Crippen molar-refractivity contribution < 1.29 is 9.53 Å². The van der Waals surface area contributed by atoms with E-state index in [1.165, 1.54) is 27.8 Å². The average Bonchev–Trinajstić information content (AvgIpc) is 2.94. The first-order chi connectivity index (χ1) is 11.7. The van der Waals surface area contributed by atoms with E-state index in [9.17, 15) is 9.59 Å². The van der Waals surface area contributed by atoms with E-state index in [4.69, 9.17) is 4.74 Å². The Labute approximate surface area is 149 Å². The SMILES string of the molecule is Cc1ccc(-c2csc3c(=O)n(CC(=O)OC(C)(C)C)cnc23)cc1. The number of carbonyl (C=O) groups excluding carboxylic acids is 1. The van der Waals surface area contributed by atoms with Crippen LogP contribution in [0.15, 0.2) is 40.8 Å². The van der Waals surface area contributed by atoms with E-state index in [2.05, 4.69) is 4.98 Å². The number of ether oxygens (including phenoxy) is 1. The summed E-state index contributed by atoms with van der Waals surface area (Å²) in [6, 6.07) is 8.10. The largest absolute Gasteiger partial charge is 0.459 e. The topological polar surface area (TPSA) is 61.2 Å². The van der Waals surface area contributed by atoms with Crippen LogP contribution in [-0.4, -0.2) is 21.1 Å². The summed E-state index contributed by atoms with van der Waals surface area (Å²) in [5.74, 6) is -0.453. The molecule has 0 aliphatic carbocycles. The molecule has 0 saturated heterocycles. The van der Waals surface area contributed by atoms with Crippen LogP contribution in [0.2, 0.25) is 0 Å². The van der Waals surface area contributed by atoms with Crippen molar-refractivity contribution in [1.82, 2.24) is 9.55 Å². The second-order valence-corrected chi connectivity index (χ2v) is 7.84. The highest BCUT2D eigenvalue weighted by atomic mass is 32.1. The van der Waals surface area contributed by atoms with Crippen molar-refractivity contribution in [3.63, 3.8) is 0 Å². The molecule has 0 saturated carbocycles. The second-order valence-electron chi connectivity index (χ2n) is 6.96. The number of fused-ring (bicyclic) bond motifs is 1. The van der Waals surface area contributed by atoms with Gasteiger partial charge in [0.1, 0.15) is 16.8 Å². The molecule has 0 spiro atoms. The summed E-state index contributed by atoms with van der Waals surface area (Å²) in [7, 11) is 0. The maximum atomic E-state index is 12.7. The summed E-state index contributed by atoms with van der Waals surface area (Å²) in [5, 5.41) is 1.93. The van der Waals surface area contributed by atoms with Gasteiger partial charge in [-0.3, -0.25) is 14.2 Å². The third kappa shape index (κ3) is 3.79. The fourth-order valence-corrected chi connectivity index (χ4v) is 3.48. The molecule has 25 heavy (non-hydrogen) atoms. The first-order valence-electron chi connectivity index (χ1n) is 8.00. The first kappa shape index (κ1) is 17.4. The van der Waals surface area contributed by atoms with Crippen molar-refractivity contribution in [1.29, 1.82) is 0 Å². The number of thiophene rings is 1. The van der Waals surface area contributed by atoms with Gasteiger partial charge in [-0.25, -0.2) is 4.98 Å². The minimum Gasteiger partial charge on any atom is -0.459 e. The molecule has 0 aliphatic rings. The van der Waals surface area contributed by atoms with Gasteiger partial charge in [0.2, 0.25) is 0 Å². The smallest absolute Gasteiger partial charge is 0.326 e. The Morgan fingerprint density at radius 3 is 2.56 bits per heavy atom. The molecule has 0 atom stereocenters. The lowest BCUT2D eigenvalue weighted by Gasteiger charge is -2.19. The summed E-state index contributed by atoms with van der Waals surface area (Å²) in [6.07, 6.45) is 1.42. The molecule has 2 aromatic heterocycles. The van der Waals surface area contributed by atoms with Gasteiger partial charge < -0.3 is 4.74 Å². The summed E-state index contributed by atoms with van der Waals surface area (Å²) < 4.78 is 7.11. The summed E-state index contributed by atoms with van der Waals surface area (Å²) >= 11 is 1.35. The molecule has 130 valence electrons. The number of benzene rings is 1. The fraction of sp³-hybridized carbons (Fsp3) is 0.316. The van der Waals surface area contributed by atoms with Crippen LogP contribution in [-0.2, 0) is 16.1 Å². The van der Waals surface area contributed by atoms with Gasteiger partial charge in [0.25, 0.3) is 5.56 Å². The molecule has 0 N–H and O–H groups in total. The van der Waals surface area contributed by atoms with E-state index in [1.54, 1.807) is 20.8 Å². The molecule has 0 radical (unpaired) electrons. The van der Waals surface area contributed by atoms with Crippen LogP contribution in [0.5, 0.6) is 0 Å². The predicted molar refractivity (Wildman–Crippen MR) is 99.9 cm³/mol. The van der Waals surface area contributed by atoms with Gasteiger partial charge in [0, 0.05) is 10.9 Å². The Morgan fingerprint density at radius 1 is 1.24 bits per heavy atom. The minimum absolute atomic E-state index is 0.142. The summed E-state index contributed by atoms with van der Waals surface area (Å²) in [6.45, 7) is 7.27. The molecule has 6 heteroatoms. The van der Waals surface area contributed by atoms with Crippen LogP contribution in [0.3, 0.4) is 0 Å². The van der Waals surface area contributed by atoms with Crippen molar-refractivity contribution in [3.05, 3.63) is 51.9 Å². The Hall–Kier alpha value is -2.47. The van der Waals surface area contributed by atoms with Gasteiger partial charge in [-0.2, -0.15) is 0 Å². The predicted octanol–water partition coefficient (Wildman–Crippen LogP) is 3.78. The van der Waals surface area contributed by atoms with Crippen molar-refractivity contribution in [2.24, 2.45) is 0 Å². The monoisotopic (exact) mass is 356 g/mol. The van der Waals surface area contributed by atoms with Gasteiger partial charge in [0.05, 0.1) is 11.8 Å². The number of rotatable bonds is 3. The van der Waals surface area contributed by atoms with E-state index in [1.807, 2.05) is 36.6 Å². The zero-order valence-electron chi connectivity index (χ0n) is 14.7. The Balaban J connectivity index is 1.95. The van der Waals surface area contributed by atoms with Crippen LogP contribution in [0.4, 0.5) is 0 Å². The van der Waals surface area contributed by atoms with Crippen molar-refractivity contribution >= 4 is 27.5 Å². The summed E-state index contributed by atoms with van der Waals surface area (Å²) in [5.41, 5.74) is 2.99. The van der Waals surface area contributed by atoms with E-state index in [0.29, 0.717) is 10.2 Å². The number of aromatic nitrogens is 2. The zero-order chi connectivity index (χ0) is 18.2. The highest BCUT2D eigenvalue weighted by Gasteiger charge is 2.18. The second kappa shape index (κ2) is 6.44. The molecule has 0 aliphatic heterocycles. The molecule has 5 nitrogen and oxygen atoms in total. The van der Waals surface area contributed by atoms with Crippen molar-refractivity contribution in [2.45, 2.75) is 39.8 Å². The molecular weight excluding hydrogens is 336 g/mol. The lowest BCUT2D eigenvalue weighted by molar-refractivity contribution is -0.155. The van der Waals surface area contributed by atoms with Crippen LogP contribution in [0, 0.1) is 6.92 Å². The molecule has 3 rings (SSSR count). The summed E-state index contributed by atoms with van der Waals surface area (Å²) in [4.78, 5) is 29.0. The Morgan fingerprint density at radius 2 is 1.92 bits per heavy atom. The van der Waals surface area contributed by atoms with Crippen LogP contribution < -0.4 is 5.56 Å². The fourth-order valence-electron chi connectivity index (χ4n) is 2.51. The van der Waals surface area contributed by atoms with E-state index in [0.717, 1.165) is 11.1 Å². The molecule has 2 heterocycles. The maximum absolute atomic E-state index is 12.7. The molecule has 3 aromatic rings. The third-order valence-corrected chi connectivity index (χ3v) is 4.59. The molecule has 0 fully saturated rings. The number of nitrogens with zero attached hydrogens (tertiary/aromatic N) is 2. The molecule has 0 unspecified atom stereocenters. The highest BCUT2D eigenvalue weighted by Crippen LogP contribution is 2.30.